The number of benzene rings is 3. The first kappa shape index (κ1) is 20.0. The zero-order valence-electron chi connectivity index (χ0n) is 17.6. The molecule has 2 atom stereocenters. The molecule has 3 aromatic rings. The fourth-order valence-corrected chi connectivity index (χ4v) is 4.59. The molecule has 0 radical (unpaired) electrons. The summed E-state index contributed by atoms with van der Waals surface area (Å²) >= 11 is 6.73. The number of hydrogen-bond donors (Lipinski definition) is 0. The molecule has 29 heavy (non-hydrogen) atoms. The normalized spacial score (nSPS) is 18.5. The van der Waals surface area contributed by atoms with Gasteiger partial charge in [0, 0.05) is 13.1 Å². The molecule has 3 aromatic carbocycles. The minimum absolute atomic E-state index is 0.359. The van der Waals surface area contributed by atoms with Crippen molar-refractivity contribution in [2.45, 2.75) is 46.2 Å². The SMILES string of the molecule is CC(C)(C)C1CC1c1ccc(Cl)c(N(Cc2ccccc2)Cc2ccccc2)c1. The van der Waals surface area contributed by atoms with Crippen LogP contribution in [-0.2, 0) is 13.1 Å². The first-order valence-corrected chi connectivity index (χ1v) is 10.9. The fourth-order valence-electron chi connectivity index (χ4n) is 4.36. The molecule has 0 aliphatic heterocycles. The van der Waals surface area contributed by atoms with Gasteiger partial charge in [-0.1, -0.05) is 99.1 Å². The van der Waals surface area contributed by atoms with Gasteiger partial charge in [-0.05, 0) is 52.5 Å². The number of halogens is 1. The van der Waals surface area contributed by atoms with E-state index < -0.39 is 0 Å². The quantitative estimate of drug-likeness (QED) is 0.407. The van der Waals surface area contributed by atoms with Gasteiger partial charge in [0.2, 0.25) is 0 Å². The maximum absolute atomic E-state index is 6.73. The minimum atomic E-state index is 0.359. The van der Waals surface area contributed by atoms with Crippen molar-refractivity contribution in [3.05, 3.63) is 101 Å². The van der Waals surface area contributed by atoms with Crippen LogP contribution < -0.4 is 4.90 Å². The van der Waals surface area contributed by atoms with Crippen molar-refractivity contribution in [1.29, 1.82) is 0 Å². The minimum Gasteiger partial charge on any atom is -0.362 e. The van der Waals surface area contributed by atoms with Crippen LogP contribution in [0.3, 0.4) is 0 Å². The molecule has 150 valence electrons. The van der Waals surface area contributed by atoms with Gasteiger partial charge in [0.25, 0.3) is 0 Å². The highest BCUT2D eigenvalue weighted by Gasteiger charge is 2.45. The Hall–Kier alpha value is -2.25. The van der Waals surface area contributed by atoms with Gasteiger partial charge in [-0.15, -0.1) is 0 Å². The summed E-state index contributed by atoms with van der Waals surface area (Å²) in [5.74, 6) is 1.41. The van der Waals surface area contributed by atoms with E-state index in [9.17, 15) is 0 Å². The molecule has 0 spiro atoms. The average molecular weight is 404 g/mol. The van der Waals surface area contributed by atoms with E-state index >= 15 is 0 Å². The van der Waals surface area contributed by atoms with Crippen LogP contribution in [0.25, 0.3) is 0 Å². The van der Waals surface area contributed by atoms with Gasteiger partial charge < -0.3 is 4.90 Å². The van der Waals surface area contributed by atoms with Gasteiger partial charge >= 0.3 is 0 Å². The summed E-state index contributed by atoms with van der Waals surface area (Å²) in [6, 6.07) is 28.0. The van der Waals surface area contributed by atoms with Gasteiger partial charge in [0.15, 0.2) is 0 Å². The Balaban J connectivity index is 1.65. The van der Waals surface area contributed by atoms with Crippen molar-refractivity contribution < 1.29 is 0 Å². The highest BCUT2D eigenvalue weighted by molar-refractivity contribution is 6.33. The second-order valence-electron chi connectivity index (χ2n) is 9.35. The van der Waals surface area contributed by atoms with Crippen molar-refractivity contribution >= 4 is 17.3 Å². The Labute approximate surface area is 180 Å². The van der Waals surface area contributed by atoms with E-state index in [0.29, 0.717) is 11.3 Å². The van der Waals surface area contributed by atoms with Crippen LogP contribution in [0, 0.1) is 11.3 Å². The van der Waals surface area contributed by atoms with E-state index in [2.05, 4.69) is 105 Å². The smallest absolute Gasteiger partial charge is 0.0639 e. The Bertz CT molecular complexity index is 902. The van der Waals surface area contributed by atoms with Crippen LogP contribution in [0.5, 0.6) is 0 Å². The predicted octanol–water partition coefficient (Wildman–Crippen LogP) is 7.70. The number of hydrogen-bond acceptors (Lipinski definition) is 1. The third-order valence-corrected chi connectivity index (χ3v) is 6.39. The summed E-state index contributed by atoms with van der Waals surface area (Å²) in [6.45, 7) is 8.74. The van der Waals surface area contributed by atoms with Gasteiger partial charge in [-0.2, -0.15) is 0 Å². The van der Waals surface area contributed by atoms with Crippen LogP contribution in [0.2, 0.25) is 5.02 Å². The van der Waals surface area contributed by atoms with Gasteiger partial charge in [-0.3, -0.25) is 0 Å². The van der Waals surface area contributed by atoms with Crippen molar-refractivity contribution in [1.82, 2.24) is 0 Å². The molecule has 0 aromatic heterocycles. The summed E-state index contributed by atoms with van der Waals surface area (Å²) in [6.07, 6.45) is 1.28. The largest absolute Gasteiger partial charge is 0.362 e. The van der Waals surface area contributed by atoms with Crippen LogP contribution in [0.1, 0.15) is 49.8 Å². The molecule has 2 heteroatoms. The van der Waals surface area contributed by atoms with Crippen LogP contribution in [0.4, 0.5) is 5.69 Å². The third-order valence-electron chi connectivity index (χ3n) is 6.07. The summed E-state index contributed by atoms with van der Waals surface area (Å²) in [4.78, 5) is 2.41. The third kappa shape index (κ3) is 4.85. The van der Waals surface area contributed by atoms with E-state index in [1.807, 2.05) is 0 Å². The zero-order valence-corrected chi connectivity index (χ0v) is 18.4. The molecule has 0 amide bonds. The molecule has 4 rings (SSSR count). The summed E-state index contributed by atoms with van der Waals surface area (Å²) in [5.41, 5.74) is 5.51. The first-order chi connectivity index (χ1) is 13.9. The molecule has 0 bridgehead atoms. The van der Waals surface area contributed by atoms with Crippen molar-refractivity contribution in [3.8, 4) is 0 Å². The van der Waals surface area contributed by atoms with Gasteiger partial charge in [-0.25, -0.2) is 0 Å². The molecule has 1 nitrogen and oxygen atoms in total. The Morgan fingerprint density at radius 1 is 0.828 bits per heavy atom. The lowest BCUT2D eigenvalue weighted by Gasteiger charge is -2.27. The highest BCUT2D eigenvalue weighted by Crippen LogP contribution is 2.57. The molecule has 2 unspecified atom stereocenters. The Morgan fingerprint density at radius 2 is 1.38 bits per heavy atom. The standard InChI is InChI=1S/C27H30ClN/c1-27(2,3)24-17-23(24)22-14-15-25(28)26(16-22)29(18-20-10-6-4-7-11-20)19-21-12-8-5-9-13-21/h4-16,23-24H,17-19H2,1-3H3. The van der Waals surface area contributed by atoms with E-state index in [-0.39, 0.29) is 0 Å². The summed E-state index contributed by atoms with van der Waals surface area (Å²) in [7, 11) is 0. The summed E-state index contributed by atoms with van der Waals surface area (Å²) in [5, 5.41) is 0.827. The highest BCUT2D eigenvalue weighted by atomic mass is 35.5. The monoisotopic (exact) mass is 403 g/mol. The average Bonchev–Trinajstić information content (AvgIpc) is 3.51. The van der Waals surface area contributed by atoms with Crippen LogP contribution in [-0.4, -0.2) is 0 Å². The number of anilines is 1. The van der Waals surface area contributed by atoms with Crippen molar-refractivity contribution in [3.63, 3.8) is 0 Å². The summed E-state index contributed by atoms with van der Waals surface area (Å²) < 4.78 is 0. The van der Waals surface area contributed by atoms with Crippen molar-refractivity contribution in [2.24, 2.45) is 11.3 Å². The Morgan fingerprint density at radius 3 is 1.86 bits per heavy atom. The lowest BCUT2D eigenvalue weighted by Crippen LogP contribution is -2.22. The second-order valence-corrected chi connectivity index (χ2v) is 9.76. The maximum atomic E-state index is 6.73. The molecule has 0 saturated heterocycles. The number of rotatable bonds is 6. The van der Waals surface area contributed by atoms with Crippen LogP contribution in [0.15, 0.2) is 78.9 Å². The van der Waals surface area contributed by atoms with Crippen LogP contribution >= 0.6 is 11.6 Å². The molecule has 1 saturated carbocycles. The fraction of sp³-hybridized carbons (Fsp3) is 0.333. The zero-order chi connectivity index (χ0) is 20.4. The molecule has 1 aliphatic carbocycles. The van der Waals surface area contributed by atoms with E-state index in [1.54, 1.807) is 0 Å². The molecule has 0 N–H and O–H groups in total. The predicted molar refractivity (Wildman–Crippen MR) is 125 cm³/mol. The van der Waals surface area contributed by atoms with Crippen molar-refractivity contribution in [2.75, 3.05) is 4.90 Å². The lowest BCUT2D eigenvalue weighted by molar-refractivity contribution is 0.343. The Kier molecular flexibility index (Phi) is 5.69. The second kappa shape index (κ2) is 8.24. The molecule has 1 fully saturated rings. The molecular formula is C27H30ClN. The van der Waals surface area contributed by atoms with E-state index in [1.165, 1.54) is 23.1 Å². The molecular weight excluding hydrogens is 374 g/mol. The topological polar surface area (TPSA) is 3.24 Å². The molecule has 1 aliphatic rings. The van der Waals surface area contributed by atoms with E-state index in [4.69, 9.17) is 11.6 Å². The first-order valence-electron chi connectivity index (χ1n) is 10.5. The van der Waals surface area contributed by atoms with E-state index in [0.717, 1.165) is 29.7 Å². The lowest BCUT2D eigenvalue weighted by atomic mass is 9.87. The number of nitrogens with zero attached hydrogens (tertiary/aromatic N) is 1. The van der Waals surface area contributed by atoms with Gasteiger partial charge in [0.1, 0.15) is 0 Å². The maximum Gasteiger partial charge on any atom is 0.0639 e. The van der Waals surface area contributed by atoms with Gasteiger partial charge in [0.05, 0.1) is 10.7 Å². The molecule has 0 heterocycles.